The van der Waals surface area contributed by atoms with Crippen LogP contribution in [-0.4, -0.2) is 13.6 Å². The van der Waals surface area contributed by atoms with Gasteiger partial charge in [0.25, 0.3) is 0 Å². The predicted octanol–water partition coefficient (Wildman–Crippen LogP) is 2.04. The van der Waals surface area contributed by atoms with Gasteiger partial charge in [-0.25, -0.2) is 0 Å². The quantitative estimate of drug-likeness (QED) is 0.623. The Morgan fingerprint density at radius 1 is 1.50 bits per heavy atom. The molecule has 56 valence electrons. The van der Waals surface area contributed by atoms with Crippen molar-refractivity contribution in [3.63, 3.8) is 0 Å². The SMILES string of the molecule is CCN(C)c1ccc(C)o1. The summed E-state index contributed by atoms with van der Waals surface area (Å²) in [6.07, 6.45) is 0. The van der Waals surface area contributed by atoms with Crippen molar-refractivity contribution in [2.75, 3.05) is 18.5 Å². The minimum atomic E-state index is 0.944. The van der Waals surface area contributed by atoms with E-state index in [1.165, 1.54) is 0 Å². The van der Waals surface area contributed by atoms with Crippen LogP contribution in [0.15, 0.2) is 16.5 Å². The third kappa shape index (κ3) is 1.32. The molecule has 0 aliphatic carbocycles. The van der Waals surface area contributed by atoms with Crippen LogP contribution in [0.2, 0.25) is 0 Å². The summed E-state index contributed by atoms with van der Waals surface area (Å²) in [5, 5.41) is 0. The topological polar surface area (TPSA) is 16.4 Å². The summed E-state index contributed by atoms with van der Waals surface area (Å²) in [7, 11) is 2.01. The minimum Gasteiger partial charge on any atom is -0.446 e. The van der Waals surface area contributed by atoms with Crippen molar-refractivity contribution in [3.8, 4) is 0 Å². The maximum absolute atomic E-state index is 5.36. The second kappa shape index (κ2) is 2.78. The van der Waals surface area contributed by atoms with Crippen molar-refractivity contribution < 1.29 is 4.42 Å². The molecular formula is C8H13NO. The van der Waals surface area contributed by atoms with Gasteiger partial charge in [0.1, 0.15) is 5.76 Å². The summed E-state index contributed by atoms with van der Waals surface area (Å²) in [5.41, 5.74) is 0. The Morgan fingerprint density at radius 2 is 2.20 bits per heavy atom. The standard InChI is InChI=1S/C8H13NO/c1-4-9(3)8-6-5-7(2)10-8/h5-6H,4H2,1-3H3. The Morgan fingerprint density at radius 3 is 2.60 bits per heavy atom. The van der Waals surface area contributed by atoms with Gasteiger partial charge in [-0.2, -0.15) is 0 Å². The average molecular weight is 139 g/mol. The van der Waals surface area contributed by atoms with E-state index in [9.17, 15) is 0 Å². The van der Waals surface area contributed by atoms with Crippen LogP contribution in [0.4, 0.5) is 5.88 Å². The van der Waals surface area contributed by atoms with E-state index in [0.29, 0.717) is 0 Å². The summed E-state index contributed by atoms with van der Waals surface area (Å²) in [4.78, 5) is 2.06. The second-order valence-corrected chi connectivity index (χ2v) is 2.40. The van der Waals surface area contributed by atoms with E-state index < -0.39 is 0 Å². The van der Waals surface area contributed by atoms with Gasteiger partial charge >= 0.3 is 0 Å². The van der Waals surface area contributed by atoms with Crippen LogP contribution in [0.25, 0.3) is 0 Å². The number of rotatable bonds is 2. The Labute approximate surface area is 61.4 Å². The van der Waals surface area contributed by atoms with Crippen LogP contribution in [0.5, 0.6) is 0 Å². The highest BCUT2D eigenvalue weighted by atomic mass is 16.4. The molecule has 0 fully saturated rings. The van der Waals surface area contributed by atoms with Crippen LogP contribution in [0.1, 0.15) is 12.7 Å². The van der Waals surface area contributed by atoms with E-state index in [4.69, 9.17) is 4.42 Å². The smallest absolute Gasteiger partial charge is 0.195 e. The number of hydrogen-bond acceptors (Lipinski definition) is 2. The third-order valence-corrected chi connectivity index (χ3v) is 1.58. The Bertz CT molecular complexity index is 205. The molecule has 0 N–H and O–H groups in total. The van der Waals surface area contributed by atoms with Gasteiger partial charge in [-0.15, -0.1) is 0 Å². The van der Waals surface area contributed by atoms with E-state index in [2.05, 4.69) is 11.8 Å². The lowest BCUT2D eigenvalue weighted by Crippen LogP contribution is -2.14. The van der Waals surface area contributed by atoms with Crippen molar-refractivity contribution >= 4 is 5.88 Å². The molecule has 2 heteroatoms. The molecular weight excluding hydrogens is 126 g/mol. The first-order chi connectivity index (χ1) is 4.74. The molecule has 0 amide bonds. The summed E-state index contributed by atoms with van der Waals surface area (Å²) in [6.45, 7) is 5.03. The number of hydrogen-bond donors (Lipinski definition) is 0. The van der Waals surface area contributed by atoms with Gasteiger partial charge in [0.2, 0.25) is 0 Å². The van der Waals surface area contributed by atoms with E-state index in [1.54, 1.807) is 0 Å². The maximum atomic E-state index is 5.36. The normalized spacial score (nSPS) is 9.90. The monoisotopic (exact) mass is 139 g/mol. The van der Waals surface area contributed by atoms with Crippen LogP contribution >= 0.6 is 0 Å². The van der Waals surface area contributed by atoms with Gasteiger partial charge in [-0.1, -0.05) is 0 Å². The molecule has 0 atom stereocenters. The van der Waals surface area contributed by atoms with E-state index in [1.807, 2.05) is 26.1 Å². The lowest BCUT2D eigenvalue weighted by molar-refractivity contribution is 0.528. The minimum absolute atomic E-state index is 0.944. The maximum Gasteiger partial charge on any atom is 0.195 e. The number of anilines is 1. The first-order valence-corrected chi connectivity index (χ1v) is 3.51. The second-order valence-electron chi connectivity index (χ2n) is 2.40. The predicted molar refractivity (Wildman–Crippen MR) is 42.4 cm³/mol. The molecule has 2 nitrogen and oxygen atoms in total. The molecule has 1 aromatic heterocycles. The Hall–Kier alpha value is -0.920. The average Bonchev–Trinajstić information content (AvgIpc) is 2.34. The summed E-state index contributed by atoms with van der Waals surface area (Å²) < 4.78 is 5.36. The molecule has 0 aliphatic heterocycles. The van der Waals surface area contributed by atoms with Gasteiger partial charge in [-0.05, 0) is 19.9 Å². The molecule has 0 saturated heterocycles. The molecule has 0 radical (unpaired) electrons. The van der Waals surface area contributed by atoms with Crippen molar-refractivity contribution in [1.29, 1.82) is 0 Å². The van der Waals surface area contributed by atoms with Crippen molar-refractivity contribution in [2.45, 2.75) is 13.8 Å². The van der Waals surface area contributed by atoms with Gasteiger partial charge in [0.05, 0.1) is 0 Å². The molecule has 1 rings (SSSR count). The van der Waals surface area contributed by atoms with Crippen molar-refractivity contribution in [2.24, 2.45) is 0 Å². The van der Waals surface area contributed by atoms with Crippen LogP contribution in [-0.2, 0) is 0 Å². The fourth-order valence-electron chi connectivity index (χ4n) is 0.783. The Balaban J connectivity index is 2.74. The van der Waals surface area contributed by atoms with Crippen molar-refractivity contribution in [3.05, 3.63) is 17.9 Å². The van der Waals surface area contributed by atoms with Gasteiger partial charge in [0.15, 0.2) is 5.88 Å². The highest BCUT2D eigenvalue weighted by molar-refractivity contribution is 5.34. The lowest BCUT2D eigenvalue weighted by atomic mass is 10.5. The van der Waals surface area contributed by atoms with E-state index >= 15 is 0 Å². The van der Waals surface area contributed by atoms with Crippen molar-refractivity contribution in [1.82, 2.24) is 0 Å². The van der Waals surface area contributed by atoms with Gasteiger partial charge in [-0.3, -0.25) is 0 Å². The molecule has 0 spiro atoms. The van der Waals surface area contributed by atoms with Crippen LogP contribution in [0.3, 0.4) is 0 Å². The fraction of sp³-hybridized carbons (Fsp3) is 0.500. The molecule has 1 aromatic rings. The van der Waals surface area contributed by atoms with Crippen LogP contribution in [0, 0.1) is 6.92 Å². The molecule has 10 heavy (non-hydrogen) atoms. The molecule has 0 bridgehead atoms. The highest BCUT2D eigenvalue weighted by Gasteiger charge is 2.00. The van der Waals surface area contributed by atoms with Crippen LogP contribution < -0.4 is 4.90 Å². The number of nitrogens with zero attached hydrogens (tertiary/aromatic N) is 1. The Kier molecular flexibility index (Phi) is 2.00. The summed E-state index contributed by atoms with van der Waals surface area (Å²) in [5.74, 6) is 1.91. The molecule has 1 heterocycles. The number of furan rings is 1. The third-order valence-electron chi connectivity index (χ3n) is 1.58. The molecule has 0 unspecified atom stereocenters. The highest BCUT2D eigenvalue weighted by Crippen LogP contribution is 2.15. The first-order valence-electron chi connectivity index (χ1n) is 3.51. The zero-order valence-corrected chi connectivity index (χ0v) is 6.72. The first kappa shape index (κ1) is 7.19. The molecule has 0 saturated carbocycles. The lowest BCUT2D eigenvalue weighted by Gasteiger charge is -2.11. The molecule has 0 aliphatic rings. The zero-order chi connectivity index (χ0) is 7.56. The fourth-order valence-corrected chi connectivity index (χ4v) is 0.783. The van der Waals surface area contributed by atoms with E-state index in [-0.39, 0.29) is 0 Å². The summed E-state index contributed by atoms with van der Waals surface area (Å²) >= 11 is 0. The molecule has 0 aromatic carbocycles. The zero-order valence-electron chi connectivity index (χ0n) is 6.72. The van der Waals surface area contributed by atoms with Gasteiger partial charge in [0, 0.05) is 19.7 Å². The number of aryl methyl sites for hydroxylation is 1. The largest absolute Gasteiger partial charge is 0.446 e. The summed E-state index contributed by atoms with van der Waals surface area (Å²) in [6, 6.07) is 3.96. The van der Waals surface area contributed by atoms with Gasteiger partial charge < -0.3 is 9.32 Å². The van der Waals surface area contributed by atoms with E-state index in [0.717, 1.165) is 18.2 Å².